The van der Waals surface area contributed by atoms with Crippen molar-refractivity contribution in [1.29, 1.82) is 0 Å². The minimum Gasteiger partial charge on any atom is -0.495 e. The van der Waals surface area contributed by atoms with Gasteiger partial charge >= 0.3 is 0 Å². The summed E-state index contributed by atoms with van der Waals surface area (Å²) in [5.74, 6) is 0.111. The number of nitrogens with one attached hydrogen (secondary N) is 2. The number of carbonyl (C=O) groups excluding carboxylic acids is 2. The third-order valence-electron chi connectivity index (χ3n) is 2.80. The van der Waals surface area contributed by atoms with Gasteiger partial charge in [0.2, 0.25) is 11.8 Å². The van der Waals surface area contributed by atoms with Gasteiger partial charge in [-0.3, -0.25) is 9.59 Å². The molecule has 0 aliphatic rings. The predicted octanol–water partition coefficient (Wildman–Crippen LogP) is 1.45. The number of methoxy groups -OCH3 is 1. The zero-order valence-electron chi connectivity index (χ0n) is 12.2. The number of anilines is 1. The highest BCUT2D eigenvalue weighted by molar-refractivity contribution is 6.31. The number of halogens is 1. The molecule has 0 spiro atoms. The molecule has 21 heavy (non-hydrogen) atoms. The second-order valence-electron chi connectivity index (χ2n) is 4.49. The number of hydrogen-bond acceptors (Lipinski definition) is 4. The molecule has 2 amide bonds. The molecule has 4 N–H and O–H groups in total. The van der Waals surface area contributed by atoms with E-state index in [0.717, 1.165) is 5.56 Å². The molecular formula is C14H20ClN3O3. The normalized spacial score (nSPS) is 10.1. The molecule has 1 rings (SSSR count). The van der Waals surface area contributed by atoms with Crippen LogP contribution in [0.3, 0.4) is 0 Å². The van der Waals surface area contributed by atoms with E-state index in [9.17, 15) is 9.59 Å². The van der Waals surface area contributed by atoms with Crippen molar-refractivity contribution in [3.05, 3.63) is 22.7 Å². The summed E-state index contributed by atoms with van der Waals surface area (Å²) in [6.07, 6.45) is 0.424. The number of hydrogen-bond donors (Lipinski definition) is 3. The summed E-state index contributed by atoms with van der Waals surface area (Å²) >= 11 is 6.00. The van der Waals surface area contributed by atoms with Crippen molar-refractivity contribution < 1.29 is 14.3 Å². The molecule has 1 aromatic carbocycles. The van der Waals surface area contributed by atoms with Gasteiger partial charge in [-0.05, 0) is 18.6 Å². The summed E-state index contributed by atoms with van der Waals surface area (Å²) in [4.78, 5) is 23.0. The average Bonchev–Trinajstić information content (AvgIpc) is 2.43. The zero-order chi connectivity index (χ0) is 15.8. The first-order valence-electron chi connectivity index (χ1n) is 6.58. The van der Waals surface area contributed by atoms with Gasteiger partial charge in [0.1, 0.15) is 5.75 Å². The van der Waals surface area contributed by atoms with E-state index in [1.807, 2.05) is 6.92 Å². The molecule has 7 heteroatoms. The molecule has 0 fully saturated rings. The lowest BCUT2D eigenvalue weighted by Crippen LogP contribution is -2.29. The number of aryl methyl sites for hydroxylation is 1. The van der Waals surface area contributed by atoms with Gasteiger partial charge in [0.25, 0.3) is 0 Å². The second-order valence-corrected chi connectivity index (χ2v) is 4.90. The maximum Gasteiger partial charge on any atom is 0.226 e. The first-order valence-corrected chi connectivity index (χ1v) is 6.96. The Labute approximate surface area is 129 Å². The van der Waals surface area contributed by atoms with Gasteiger partial charge in [0, 0.05) is 37.0 Å². The SMILES string of the molecule is COc1cc(Cl)c(C)cc1NC(=O)CCNC(=O)CCN. The molecule has 116 valence electrons. The highest BCUT2D eigenvalue weighted by Crippen LogP contribution is 2.30. The van der Waals surface area contributed by atoms with Gasteiger partial charge in [-0.2, -0.15) is 0 Å². The Hall–Kier alpha value is -1.79. The first-order chi connectivity index (χ1) is 9.97. The molecule has 0 aromatic heterocycles. The molecule has 6 nitrogen and oxygen atoms in total. The summed E-state index contributed by atoms with van der Waals surface area (Å²) in [6, 6.07) is 3.39. The molecule has 0 radical (unpaired) electrons. The zero-order valence-corrected chi connectivity index (χ0v) is 12.9. The molecule has 0 saturated heterocycles. The third kappa shape index (κ3) is 5.61. The number of nitrogens with two attached hydrogens (primary N) is 1. The van der Waals surface area contributed by atoms with Crippen LogP contribution >= 0.6 is 11.6 Å². The van der Waals surface area contributed by atoms with Gasteiger partial charge in [-0.1, -0.05) is 11.6 Å². The van der Waals surface area contributed by atoms with Crippen molar-refractivity contribution in [2.75, 3.05) is 25.5 Å². The van der Waals surface area contributed by atoms with Crippen LogP contribution in [0.5, 0.6) is 5.75 Å². The van der Waals surface area contributed by atoms with Gasteiger partial charge in [-0.15, -0.1) is 0 Å². The van der Waals surface area contributed by atoms with E-state index in [1.54, 1.807) is 12.1 Å². The average molecular weight is 314 g/mol. The Morgan fingerprint density at radius 3 is 2.62 bits per heavy atom. The Morgan fingerprint density at radius 2 is 2.00 bits per heavy atom. The van der Waals surface area contributed by atoms with Crippen LogP contribution in [0.1, 0.15) is 18.4 Å². The molecule has 0 saturated carbocycles. The van der Waals surface area contributed by atoms with Crippen LogP contribution in [0.2, 0.25) is 5.02 Å². The van der Waals surface area contributed by atoms with E-state index >= 15 is 0 Å². The summed E-state index contributed by atoms with van der Waals surface area (Å²) in [5.41, 5.74) is 6.65. The van der Waals surface area contributed by atoms with Crippen molar-refractivity contribution in [2.45, 2.75) is 19.8 Å². The molecule has 0 bridgehead atoms. The number of ether oxygens (including phenoxy) is 1. The summed E-state index contributed by atoms with van der Waals surface area (Å²) in [7, 11) is 1.50. The fraction of sp³-hybridized carbons (Fsp3) is 0.429. The fourth-order valence-corrected chi connectivity index (χ4v) is 1.83. The van der Waals surface area contributed by atoms with Gasteiger partial charge in [0.15, 0.2) is 0 Å². The minimum atomic E-state index is -0.219. The van der Waals surface area contributed by atoms with Crippen molar-refractivity contribution in [3.63, 3.8) is 0 Å². The van der Waals surface area contributed by atoms with Crippen molar-refractivity contribution >= 4 is 29.1 Å². The lowest BCUT2D eigenvalue weighted by Gasteiger charge is -2.12. The molecule has 0 heterocycles. The lowest BCUT2D eigenvalue weighted by atomic mass is 10.2. The second kappa shape index (κ2) is 8.49. The molecule has 0 aliphatic heterocycles. The Kier molecular flexibility index (Phi) is 6.98. The van der Waals surface area contributed by atoms with E-state index in [0.29, 0.717) is 23.0 Å². The highest BCUT2D eigenvalue weighted by Gasteiger charge is 2.10. The van der Waals surface area contributed by atoms with Crippen LogP contribution in [0.4, 0.5) is 5.69 Å². The van der Waals surface area contributed by atoms with Crippen molar-refractivity contribution in [1.82, 2.24) is 5.32 Å². The number of amides is 2. The number of benzene rings is 1. The van der Waals surface area contributed by atoms with E-state index < -0.39 is 0 Å². The number of rotatable bonds is 7. The van der Waals surface area contributed by atoms with Crippen LogP contribution in [-0.2, 0) is 9.59 Å². The van der Waals surface area contributed by atoms with Crippen molar-refractivity contribution in [3.8, 4) is 5.75 Å². The van der Waals surface area contributed by atoms with Gasteiger partial charge in [-0.25, -0.2) is 0 Å². The van der Waals surface area contributed by atoms with E-state index in [4.69, 9.17) is 22.1 Å². The largest absolute Gasteiger partial charge is 0.495 e. The first kappa shape index (κ1) is 17.3. The maximum absolute atomic E-state index is 11.8. The molecule has 0 atom stereocenters. The monoisotopic (exact) mass is 313 g/mol. The van der Waals surface area contributed by atoms with E-state index in [2.05, 4.69) is 10.6 Å². The molecule has 0 unspecified atom stereocenters. The van der Waals surface area contributed by atoms with Crippen molar-refractivity contribution in [2.24, 2.45) is 5.73 Å². The van der Waals surface area contributed by atoms with Crippen LogP contribution < -0.4 is 21.1 Å². The summed E-state index contributed by atoms with van der Waals surface area (Å²) < 4.78 is 5.17. The summed E-state index contributed by atoms with van der Waals surface area (Å²) in [6.45, 7) is 2.39. The molecule has 0 aliphatic carbocycles. The smallest absolute Gasteiger partial charge is 0.226 e. The van der Waals surface area contributed by atoms with Crippen LogP contribution in [-0.4, -0.2) is 32.0 Å². The van der Waals surface area contributed by atoms with Gasteiger partial charge < -0.3 is 21.1 Å². The Balaban J connectivity index is 2.55. The summed E-state index contributed by atoms with van der Waals surface area (Å²) in [5, 5.41) is 5.92. The van der Waals surface area contributed by atoms with E-state index in [-0.39, 0.29) is 31.2 Å². The van der Waals surface area contributed by atoms with Crippen LogP contribution in [0, 0.1) is 6.92 Å². The molecule has 1 aromatic rings. The van der Waals surface area contributed by atoms with Crippen LogP contribution in [0.25, 0.3) is 0 Å². The third-order valence-corrected chi connectivity index (χ3v) is 3.21. The maximum atomic E-state index is 11.8. The Morgan fingerprint density at radius 1 is 1.29 bits per heavy atom. The quantitative estimate of drug-likeness (QED) is 0.710. The Bertz CT molecular complexity index is 520. The number of carbonyl (C=O) groups is 2. The minimum absolute atomic E-state index is 0.162. The van der Waals surface area contributed by atoms with Gasteiger partial charge in [0.05, 0.1) is 12.8 Å². The fourth-order valence-electron chi connectivity index (χ4n) is 1.68. The van der Waals surface area contributed by atoms with E-state index in [1.165, 1.54) is 7.11 Å². The highest BCUT2D eigenvalue weighted by atomic mass is 35.5. The lowest BCUT2D eigenvalue weighted by molar-refractivity contribution is -0.121. The van der Waals surface area contributed by atoms with Crippen LogP contribution in [0.15, 0.2) is 12.1 Å². The topological polar surface area (TPSA) is 93.5 Å². The predicted molar refractivity (Wildman–Crippen MR) is 82.7 cm³/mol. The molecular weight excluding hydrogens is 294 g/mol. The standard InChI is InChI=1S/C14H20ClN3O3/c1-9-7-11(12(21-2)8-10(9)15)18-14(20)4-6-17-13(19)3-5-16/h7-8H,3-6,16H2,1-2H3,(H,17,19)(H,18,20).